The van der Waals surface area contributed by atoms with Gasteiger partial charge in [-0.05, 0) is 29.8 Å². The Balaban J connectivity index is 2.09. The van der Waals surface area contributed by atoms with Gasteiger partial charge in [-0.1, -0.05) is 19.9 Å². The molecule has 3 N–H and O–H groups in total. The molecule has 100 valence electrons. The van der Waals surface area contributed by atoms with Gasteiger partial charge in [0.2, 0.25) is 0 Å². The number of halogens is 1. The number of pyridine rings is 1. The standard InChI is InChI=1S/C15H18FN3/c1-15(2,11-4-3-7-18-9-11)10-19-14-6-5-12(16)8-13(14)17/h3-9,19H,10,17H2,1-2H3. The molecule has 2 rings (SSSR count). The predicted octanol–water partition coefficient (Wildman–Crippen LogP) is 3.19. The van der Waals surface area contributed by atoms with Crippen LogP contribution in [0.25, 0.3) is 0 Å². The molecule has 0 aliphatic heterocycles. The van der Waals surface area contributed by atoms with Crippen LogP contribution in [0.5, 0.6) is 0 Å². The van der Waals surface area contributed by atoms with Crippen molar-refractivity contribution in [1.29, 1.82) is 0 Å². The summed E-state index contributed by atoms with van der Waals surface area (Å²) in [6.45, 7) is 4.93. The zero-order valence-electron chi connectivity index (χ0n) is 11.2. The first-order chi connectivity index (χ1) is 8.99. The van der Waals surface area contributed by atoms with Gasteiger partial charge in [-0.3, -0.25) is 4.98 Å². The topological polar surface area (TPSA) is 50.9 Å². The molecule has 0 fully saturated rings. The summed E-state index contributed by atoms with van der Waals surface area (Å²) in [6, 6.07) is 8.34. The van der Waals surface area contributed by atoms with Crippen molar-refractivity contribution in [3.05, 3.63) is 54.1 Å². The fourth-order valence-corrected chi connectivity index (χ4v) is 1.88. The Morgan fingerprint density at radius 1 is 1.32 bits per heavy atom. The zero-order valence-corrected chi connectivity index (χ0v) is 11.2. The Hall–Kier alpha value is -2.10. The van der Waals surface area contributed by atoms with E-state index in [2.05, 4.69) is 24.1 Å². The van der Waals surface area contributed by atoms with Crippen molar-refractivity contribution in [3.8, 4) is 0 Å². The molecule has 2 aromatic rings. The lowest BCUT2D eigenvalue weighted by atomic mass is 9.85. The Labute approximate surface area is 112 Å². The van der Waals surface area contributed by atoms with Crippen LogP contribution in [0.1, 0.15) is 19.4 Å². The summed E-state index contributed by atoms with van der Waals surface area (Å²) >= 11 is 0. The molecule has 0 aliphatic carbocycles. The number of nitrogens with one attached hydrogen (secondary N) is 1. The molecular formula is C15H18FN3. The number of hydrogen-bond donors (Lipinski definition) is 2. The fraction of sp³-hybridized carbons (Fsp3) is 0.267. The van der Waals surface area contributed by atoms with Gasteiger partial charge in [-0.2, -0.15) is 0 Å². The molecule has 0 bridgehead atoms. The molecule has 1 aromatic carbocycles. The minimum absolute atomic E-state index is 0.0882. The van der Waals surface area contributed by atoms with E-state index in [1.165, 1.54) is 12.1 Å². The van der Waals surface area contributed by atoms with E-state index >= 15 is 0 Å². The van der Waals surface area contributed by atoms with Gasteiger partial charge in [-0.25, -0.2) is 4.39 Å². The third-order valence-corrected chi connectivity index (χ3v) is 3.18. The van der Waals surface area contributed by atoms with E-state index in [0.29, 0.717) is 12.2 Å². The Morgan fingerprint density at radius 2 is 2.11 bits per heavy atom. The highest BCUT2D eigenvalue weighted by Crippen LogP contribution is 2.25. The smallest absolute Gasteiger partial charge is 0.125 e. The van der Waals surface area contributed by atoms with E-state index in [9.17, 15) is 4.39 Å². The number of nitrogens with zero attached hydrogens (tertiary/aromatic N) is 1. The quantitative estimate of drug-likeness (QED) is 0.829. The Kier molecular flexibility index (Phi) is 3.69. The van der Waals surface area contributed by atoms with Crippen molar-refractivity contribution in [1.82, 2.24) is 4.98 Å². The van der Waals surface area contributed by atoms with Gasteiger partial charge in [-0.15, -0.1) is 0 Å². The summed E-state index contributed by atoms with van der Waals surface area (Å²) < 4.78 is 13.0. The van der Waals surface area contributed by atoms with Gasteiger partial charge in [0.1, 0.15) is 5.82 Å². The number of rotatable bonds is 4. The van der Waals surface area contributed by atoms with Gasteiger partial charge in [0.05, 0.1) is 11.4 Å². The van der Waals surface area contributed by atoms with Crippen LogP contribution < -0.4 is 11.1 Å². The average molecular weight is 259 g/mol. The molecule has 0 aliphatic rings. The van der Waals surface area contributed by atoms with Gasteiger partial charge in [0.25, 0.3) is 0 Å². The zero-order chi connectivity index (χ0) is 13.9. The molecule has 4 heteroatoms. The van der Waals surface area contributed by atoms with Crippen LogP contribution >= 0.6 is 0 Å². The molecule has 0 saturated heterocycles. The van der Waals surface area contributed by atoms with Crippen molar-refractivity contribution in [3.63, 3.8) is 0 Å². The maximum absolute atomic E-state index is 13.0. The minimum atomic E-state index is -0.324. The summed E-state index contributed by atoms with van der Waals surface area (Å²) in [5.41, 5.74) is 8.00. The third kappa shape index (κ3) is 3.22. The normalized spacial score (nSPS) is 11.3. The molecule has 0 spiro atoms. The van der Waals surface area contributed by atoms with Crippen molar-refractivity contribution < 1.29 is 4.39 Å². The van der Waals surface area contributed by atoms with Gasteiger partial charge >= 0.3 is 0 Å². The van der Waals surface area contributed by atoms with Crippen molar-refractivity contribution in [2.24, 2.45) is 0 Å². The Morgan fingerprint density at radius 3 is 2.74 bits per heavy atom. The third-order valence-electron chi connectivity index (χ3n) is 3.18. The van der Waals surface area contributed by atoms with Crippen LogP contribution in [0.2, 0.25) is 0 Å². The van der Waals surface area contributed by atoms with E-state index in [4.69, 9.17) is 5.73 Å². The highest BCUT2D eigenvalue weighted by Gasteiger charge is 2.20. The molecule has 0 amide bonds. The number of nitrogens with two attached hydrogens (primary N) is 1. The summed E-state index contributed by atoms with van der Waals surface area (Å²) in [6.07, 6.45) is 3.61. The number of hydrogen-bond acceptors (Lipinski definition) is 3. The molecule has 0 atom stereocenters. The lowest BCUT2D eigenvalue weighted by molar-refractivity contribution is 0.555. The summed E-state index contributed by atoms with van der Waals surface area (Å²) in [5, 5.41) is 3.26. The first-order valence-electron chi connectivity index (χ1n) is 6.18. The first-order valence-corrected chi connectivity index (χ1v) is 6.18. The van der Waals surface area contributed by atoms with Crippen molar-refractivity contribution in [2.45, 2.75) is 19.3 Å². The Bertz CT molecular complexity index is 553. The molecular weight excluding hydrogens is 241 g/mol. The lowest BCUT2D eigenvalue weighted by Gasteiger charge is -2.26. The fourth-order valence-electron chi connectivity index (χ4n) is 1.88. The van der Waals surface area contributed by atoms with Crippen molar-refractivity contribution >= 4 is 11.4 Å². The monoisotopic (exact) mass is 259 g/mol. The molecule has 3 nitrogen and oxygen atoms in total. The number of nitrogen functional groups attached to an aromatic ring is 1. The number of anilines is 2. The van der Waals surface area contributed by atoms with Crippen molar-refractivity contribution in [2.75, 3.05) is 17.6 Å². The second-order valence-electron chi connectivity index (χ2n) is 5.21. The second-order valence-corrected chi connectivity index (χ2v) is 5.21. The van der Waals surface area contributed by atoms with Gasteiger partial charge in [0.15, 0.2) is 0 Å². The maximum Gasteiger partial charge on any atom is 0.125 e. The highest BCUT2D eigenvalue weighted by atomic mass is 19.1. The van der Waals surface area contributed by atoms with E-state index in [-0.39, 0.29) is 11.2 Å². The second kappa shape index (κ2) is 5.26. The number of aromatic nitrogens is 1. The minimum Gasteiger partial charge on any atom is -0.397 e. The van der Waals surface area contributed by atoms with Gasteiger partial charge < -0.3 is 11.1 Å². The van der Waals surface area contributed by atoms with E-state index in [1.54, 1.807) is 12.3 Å². The largest absolute Gasteiger partial charge is 0.397 e. The van der Waals surface area contributed by atoms with Crippen LogP contribution in [-0.4, -0.2) is 11.5 Å². The van der Waals surface area contributed by atoms with Crippen LogP contribution in [-0.2, 0) is 5.41 Å². The molecule has 0 unspecified atom stereocenters. The summed E-state index contributed by atoms with van der Waals surface area (Å²) in [5.74, 6) is -0.324. The predicted molar refractivity (Wildman–Crippen MR) is 76.6 cm³/mol. The maximum atomic E-state index is 13.0. The lowest BCUT2D eigenvalue weighted by Crippen LogP contribution is -2.28. The summed E-state index contributed by atoms with van der Waals surface area (Å²) in [7, 11) is 0. The van der Waals surface area contributed by atoms with Crippen LogP contribution in [0.4, 0.5) is 15.8 Å². The SMILES string of the molecule is CC(C)(CNc1ccc(F)cc1N)c1cccnc1. The molecule has 19 heavy (non-hydrogen) atoms. The summed E-state index contributed by atoms with van der Waals surface area (Å²) in [4.78, 5) is 4.13. The van der Waals surface area contributed by atoms with E-state index in [1.807, 2.05) is 18.3 Å². The van der Waals surface area contributed by atoms with E-state index < -0.39 is 0 Å². The molecule has 1 aromatic heterocycles. The molecule has 0 radical (unpaired) electrons. The highest BCUT2D eigenvalue weighted by molar-refractivity contribution is 5.66. The van der Waals surface area contributed by atoms with Crippen LogP contribution in [0.3, 0.4) is 0 Å². The molecule has 1 heterocycles. The average Bonchev–Trinajstić information content (AvgIpc) is 2.39. The van der Waals surface area contributed by atoms with Gasteiger partial charge in [0, 0.05) is 24.4 Å². The molecule has 0 saturated carbocycles. The van der Waals surface area contributed by atoms with Crippen LogP contribution in [0, 0.1) is 5.82 Å². The number of benzene rings is 1. The first kappa shape index (κ1) is 13.3. The van der Waals surface area contributed by atoms with Crippen LogP contribution in [0.15, 0.2) is 42.7 Å². The van der Waals surface area contributed by atoms with E-state index in [0.717, 1.165) is 11.3 Å².